The van der Waals surface area contributed by atoms with Gasteiger partial charge in [0.1, 0.15) is 0 Å². The lowest BCUT2D eigenvalue weighted by Gasteiger charge is -2.36. The molecule has 0 atom stereocenters. The van der Waals surface area contributed by atoms with Gasteiger partial charge in [-0.2, -0.15) is 0 Å². The van der Waals surface area contributed by atoms with Gasteiger partial charge in [0.05, 0.1) is 5.52 Å². The zero-order valence-electron chi connectivity index (χ0n) is 23.1. The Morgan fingerprint density at radius 3 is 2.12 bits per heavy atom. The number of nitrogens with zero attached hydrogens (tertiary/aromatic N) is 5. The zero-order valence-corrected chi connectivity index (χ0v) is 24.8. The highest BCUT2D eigenvalue weighted by Gasteiger charge is 2.30. The molecule has 0 saturated carbocycles. The maximum atomic E-state index is 13.2. The predicted molar refractivity (Wildman–Crippen MR) is 171 cm³/mol. The van der Waals surface area contributed by atoms with Gasteiger partial charge >= 0.3 is 6.03 Å². The largest absolute Gasteiger partial charge is 0.368 e. The van der Waals surface area contributed by atoms with Crippen molar-refractivity contribution in [3.63, 3.8) is 0 Å². The third-order valence-corrected chi connectivity index (χ3v) is 7.82. The van der Waals surface area contributed by atoms with Crippen LogP contribution in [0.25, 0.3) is 10.9 Å². The van der Waals surface area contributed by atoms with Crippen LogP contribution in [0.4, 0.5) is 21.9 Å². The number of benzene rings is 3. The van der Waals surface area contributed by atoms with Gasteiger partial charge < -0.3 is 4.90 Å². The standard InChI is InChI=1S/C32H35N5O.2ClH/c1-24-6-3-8-27(22-24)36-20-21-37(32(36)38)28-9-4-7-26(23-28)14-15-34-16-18-35(19-17-34)31-11-5-10-30-29(31)13-12-25(2)33-30;;/h3-13,22-23H,14-21H2,1-2H3;2*1H. The minimum Gasteiger partial charge on any atom is -0.368 e. The number of aryl methyl sites for hydroxylation is 2. The fraction of sp³-hybridized carbons (Fsp3) is 0.312. The van der Waals surface area contributed by atoms with Crippen LogP contribution in [0.1, 0.15) is 16.8 Å². The molecule has 2 saturated heterocycles. The fourth-order valence-corrected chi connectivity index (χ4v) is 5.71. The second kappa shape index (κ2) is 12.9. The van der Waals surface area contributed by atoms with Gasteiger partial charge in [-0.15, -0.1) is 24.8 Å². The molecule has 6 rings (SSSR count). The highest BCUT2D eigenvalue weighted by molar-refractivity contribution is 6.06. The van der Waals surface area contributed by atoms with Crippen LogP contribution < -0.4 is 14.7 Å². The van der Waals surface area contributed by atoms with Crippen molar-refractivity contribution in [3.05, 3.63) is 95.7 Å². The van der Waals surface area contributed by atoms with E-state index in [0.717, 1.165) is 61.7 Å². The van der Waals surface area contributed by atoms with E-state index in [1.54, 1.807) is 0 Å². The summed E-state index contributed by atoms with van der Waals surface area (Å²) >= 11 is 0. The summed E-state index contributed by atoms with van der Waals surface area (Å²) < 4.78 is 0. The summed E-state index contributed by atoms with van der Waals surface area (Å²) in [6, 6.07) is 27.5. The van der Waals surface area contributed by atoms with Crippen LogP contribution in [0.5, 0.6) is 0 Å². The lowest BCUT2D eigenvalue weighted by atomic mass is 10.1. The number of hydrogen-bond acceptors (Lipinski definition) is 4. The molecule has 0 aliphatic carbocycles. The number of fused-ring (bicyclic) bond motifs is 1. The summed E-state index contributed by atoms with van der Waals surface area (Å²) in [6.07, 6.45) is 0.981. The van der Waals surface area contributed by atoms with Gasteiger partial charge in [-0.3, -0.25) is 19.7 Å². The van der Waals surface area contributed by atoms with Crippen molar-refractivity contribution in [2.75, 3.05) is 60.5 Å². The molecule has 210 valence electrons. The molecular formula is C32H37Cl2N5O. The Balaban J connectivity index is 0.00000185. The Labute approximate surface area is 249 Å². The highest BCUT2D eigenvalue weighted by atomic mass is 35.5. The van der Waals surface area contributed by atoms with Gasteiger partial charge in [-0.1, -0.05) is 30.3 Å². The number of aromatic nitrogens is 1. The maximum Gasteiger partial charge on any atom is 0.329 e. The van der Waals surface area contributed by atoms with E-state index in [-0.39, 0.29) is 30.8 Å². The number of hydrogen-bond donors (Lipinski definition) is 0. The van der Waals surface area contributed by atoms with E-state index in [1.165, 1.54) is 22.2 Å². The van der Waals surface area contributed by atoms with E-state index < -0.39 is 0 Å². The number of rotatable bonds is 6. The predicted octanol–water partition coefficient (Wildman–Crippen LogP) is 6.51. The molecule has 3 aromatic carbocycles. The van der Waals surface area contributed by atoms with Gasteiger partial charge in [0.25, 0.3) is 0 Å². The van der Waals surface area contributed by atoms with Gasteiger partial charge in [0, 0.05) is 74.0 Å². The van der Waals surface area contributed by atoms with E-state index in [0.29, 0.717) is 13.1 Å². The molecule has 2 aliphatic heterocycles. The Hall–Kier alpha value is -3.32. The van der Waals surface area contributed by atoms with Crippen molar-refractivity contribution in [2.24, 2.45) is 0 Å². The molecule has 0 N–H and O–H groups in total. The van der Waals surface area contributed by atoms with E-state index in [9.17, 15) is 4.79 Å². The van der Waals surface area contributed by atoms with Crippen molar-refractivity contribution in [3.8, 4) is 0 Å². The molecule has 2 amide bonds. The Bertz CT molecular complexity index is 1470. The first-order valence-electron chi connectivity index (χ1n) is 13.6. The molecule has 0 bridgehead atoms. The molecular weight excluding hydrogens is 541 g/mol. The van der Waals surface area contributed by atoms with Crippen LogP contribution in [0.2, 0.25) is 0 Å². The first-order valence-corrected chi connectivity index (χ1v) is 13.6. The first kappa shape index (κ1) is 29.7. The molecule has 2 fully saturated rings. The monoisotopic (exact) mass is 577 g/mol. The Morgan fingerprint density at radius 2 is 1.40 bits per heavy atom. The minimum atomic E-state index is 0. The van der Waals surface area contributed by atoms with Gasteiger partial charge in [0.15, 0.2) is 0 Å². The molecule has 3 heterocycles. The molecule has 4 aromatic rings. The van der Waals surface area contributed by atoms with E-state index in [2.05, 4.69) is 83.5 Å². The number of anilines is 3. The molecule has 1 aromatic heterocycles. The normalized spacial score (nSPS) is 15.8. The molecule has 6 nitrogen and oxygen atoms in total. The number of carbonyl (C=O) groups excluding carboxylic acids is 1. The highest BCUT2D eigenvalue weighted by Crippen LogP contribution is 2.28. The number of urea groups is 1. The second-order valence-electron chi connectivity index (χ2n) is 10.5. The van der Waals surface area contributed by atoms with Crippen LogP contribution in [-0.2, 0) is 6.42 Å². The maximum absolute atomic E-state index is 13.2. The quantitative estimate of drug-likeness (QED) is 0.262. The number of piperazine rings is 1. The van der Waals surface area contributed by atoms with Crippen molar-refractivity contribution < 1.29 is 4.79 Å². The topological polar surface area (TPSA) is 42.9 Å². The molecule has 0 unspecified atom stereocenters. The van der Waals surface area contributed by atoms with Crippen LogP contribution in [0.3, 0.4) is 0 Å². The van der Waals surface area contributed by atoms with E-state index >= 15 is 0 Å². The smallest absolute Gasteiger partial charge is 0.329 e. The van der Waals surface area contributed by atoms with Crippen molar-refractivity contribution in [1.82, 2.24) is 9.88 Å². The summed E-state index contributed by atoms with van der Waals surface area (Å²) in [5, 5.41) is 1.24. The molecule has 0 spiro atoms. The molecule has 0 radical (unpaired) electrons. The summed E-state index contributed by atoms with van der Waals surface area (Å²) in [6.45, 7) is 10.7. The molecule has 2 aliphatic rings. The van der Waals surface area contributed by atoms with Crippen molar-refractivity contribution >= 4 is 58.8 Å². The van der Waals surface area contributed by atoms with Gasteiger partial charge in [0.2, 0.25) is 0 Å². The summed E-state index contributed by atoms with van der Waals surface area (Å²) in [5.41, 5.74) is 7.83. The Morgan fingerprint density at radius 1 is 0.725 bits per heavy atom. The van der Waals surface area contributed by atoms with Crippen LogP contribution in [0, 0.1) is 13.8 Å². The van der Waals surface area contributed by atoms with Gasteiger partial charge in [-0.05, 0) is 79.9 Å². The number of halogens is 2. The van der Waals surface area contributed by atoms with Crippen molar-refractivity contribution in [1.29, 1.82) is 0 Å². The minimum absolute atomic E-state index is 0. The molecule has 8 heteroatoms. The third-order valence-electron chi connectivity index (χ3n) is 7.82. The van der Waals surface area contributed by atoms with E-state index in [4.69, 9.17) is 4.98 Å². The van der Waals surface area contributed by atoms with Crippen molar-refractivity contribution in [2.45, 2.75) is 20.3 Å². The van der Waals surface area contributed by atoms with Crippen LogP contribution in [0.15, 0.2) is 78.9 Å². The third kappa shape index (κ3) is 6.20. The average molecular weight is 579 g/mol. The summed E-state index contributed by atoms with van der Waals surface area (Å²) in [5.74, 6) is 0. The van der Waals surface area contributed by atoms with E-state index in [1.807, 2.05) is 28.9 Å². The Kier molecular flexibility index (Phi) is 9.56. The van der Waals surface area contributed by atoms with Gasteiger partial charge in [-0.25, -0.2) is 4.79 Å². The second-order valence-corrected chi connectivity index (χ2v) is 10.5. The zero-order chi connectivity index (χ0) is 26.1. The SMILES string of the molecule is Cc1cccc(N2CCN(c3cccc(CCN4CCN(c5cccc6nc(C)ccc56)CC4)c3)C2=O)c1.Cl.Cl. The lowest BCUT2D eigenvalue weighted by molar-refractivity contribution is 0.256. The van der Waals surface area contributed by atoms with Crippen LogP contribution >= 0.6 is 24.8 Å². The van der Waals surface area contributed by atoms with Crippen LogP contribution in [-0.4, -0.2) is 61.7 Å². The lowest BCUT2D eigenvalue weighted by Crippen LogP contribution is -2.47. The first-order chi connectivity index (χ1) is 18.5. The number of pyridine rings is 1. The molecule has 40 heavy (non-hydrogen) atoms. The average Bonchev–Trinajstić information content (AvgIpc) is 3.33. The number of carbonyl (C=O) groups is 1. The summed E-state index contributed by atoms with van der Waals surface area (Å²) in [4.78, 5) is 26.8. The summed E-state index contributed by atoms with van der Waals surface area (Å²) in [7, 11) is 0. The fourth-order valence-electron chi connectivity index (χ4n) is 5.71. The number of amides is 2.